The maximum absolute atomic E-state index is 4.36. The quantitative estimate of drug-likeness (QED) is 0.546. The summed E-state index contributed by atoms with van der Waals surface area (Å²) in [6, 6.07) is 6.39. The van der Waals surface area contributed by atoms with Crippen LogP contribution in [0.2, 0.25) is 0 Å². The summed E-state index contributed by atoms with van der Waals surface area (Å²) in [6.07, 6.45) is 6.60. The molecule has 0 bridgehead atoms. The molecule has 0 N–H and O–H groups in total. The van der Waals surface area contributed by atoms with Gasteiger partial charge in [-0.3, -0.25) is 4.99 Å². The van der Waals surface area contributed by atoms with Gasteiger partial charge in [0, 0.05) is 11.8 Å². The summed E-state index contributed by atoms with van der Waals surface area (Å²) < 4.78 is 0. The molecule has 1 aromatic rings. The van der Waals surface area contributed by atoms with Crippen molar-refractivity contribution in [3.05, 3.63) is 35.4 Å². The standard InChI is InChI=1S/C11H9N/c1-3-8-4-2-6-10-11(8)9(5-1)7-12-10/h2,4-7H,1,3H2. The van der Waals surface area contributed by atoms with E-state index in [1.807, 2.05) is 6.21 Å². The van der Waals surface area contributed by atoms with E-state index in [-0.39, 0.29) is 0 Å². The van der Waals surface area contributed by atoms with Crippen molar-refractivity contribution in [2.75, 3.05) is 0 Å². The summed E-state index contributed by atoms with van der Waals surface area (Å²) in [4.78, 5) is 4.36. The minimum atomic E-state index is 1.15. The lowest BCUT2D eigenvalue weighted by Crippen LogP contribution is -1.96. The van der Waals surface area contributed by atoms with Crippen molar-refractivity contribution in [1.29, 1.82) is 0 Å². The van der Waals surface area contributed by atoms with Gasteiger partial charge in [-0.25, -0.2) is 0 Å². The van der Waals surface area contributed by atoms with Crippen LogP contribution in [0.1, 0.15) is 17.5 Å². The van der Waals surface area contributed by atoms with Gasteiger partial charge in [-0.15, -0.1) is 0 Å². The molecule has 1 heterocycles. The Hall–Kier alpha value is -1.37. The SMILES string of the molecule is C1=Nc2cccc3c2C1=CCC3. The number of aryl methyl sites for hydroxylation is 1. The van der Waals surface area contributed by atoms with Crippen molar-refractivity contribution in [2.45, 2.75) is 12.8 Å². The third kappa shape index (κ3) is 0.658. The Morgan fingerprint density at radius 3 is 3.25 bits per heavy atom. The number of rotatable bonds is 0. The van der Waals surface area contributed by atoms with Crippen LogP contribution < -0.4 is 0 Å². The van der Waals surface area contributed by atoms with Crippen molar-refractivity contribution in [3.63, 3.8) is 0 Å². The molecule has 0 saturated carbocycles. The Bertz CT molecular complexity index is 399. The van der Waals surface area contributed by atoms with Crippen molar-refractivity contribution in [1.82, 2.24) is 0 Å². The molecule has 0 unspecified atom stereocenters. The topological polar surface area (TPSA) is 12.4 Å². The Balaban J connectivity index is 2.39. The van der Waals surface area contributed by atoms with Crippen molar-refractivity contribution < 1.29 is 0 Å². The first-order chi connectivity index (χ1) is 5.95. The van der Waals surface area contributed by atoms with Crippen LogP contribution >= 0.6 is 0 Å². The lowest BCUT2D eigenvalue weighted by atomic mass is 9.92. The summed E-state index contributed by atoms with van der Waals surface area (Å²) in [5.41, 5.74) is 5.32. The highest BCUT2D eigenvalue weighted by atomic mass is 14.8. The van der Waals surface area contributed by atoms with E-state index in [1.165, 1.54) is 23.1 Å². The van der Waals surface area contributed by atoms with E-state index in [1.54, 1.807) is 0 Å². The van der Waals surface area contributed by atoms with E-state index >= 15 is 0 Å². The van der Waals surface area contributed by atoms with E-state index in [0.29, 0.717) is 0 Å². The van der Waals surface area contributed by atoms with E-state index in [9.17, 15) is 0 Å². The second-order valence-corrected chi connectivity index (χ2v) is 3.27. The smallest absolute Gasteiger partial charge is 0.0711 e. The van der Waals surface area contributed by atoms with E-state index in [4.69, 9.17) is 0 Å². The van der Waals surface area contributed by atoms with Gasteiger partial charge in [0.2, 0.25) is 0 Å². The number of hydrogen-bond donors (Lipinski definition) is 0. The monoisotopic (exact) mass is 155 g/mol. The van der Waals surface area contributed by atoms with Gasteiger partial charge in [0.1, 0.15) is 0 Å². The summed E-state index contributed by atoms with van der Waals surface area (Å²) in [6.45, 7) is 0. The third-order valence-corrected chi connectivity index (χ3v) is 2.54. The molecule has 1 aromatic carbocycles. The van der Waals surface area contributed by atoms with Gasteiger partial charge >= 0.3 is 0 Å². The molecular weight excluding hydrogens is 146 g/mol. The fourth-order valence-electron chi connectivity index (χ4n) is 1.98. The van der Waals surface area contributed by atoms with Crippen molar-refractivity contribution in [3.8, 4) is 0 Å². The van der Waals surface area contributed by atoms with Crippen LogP contribution in [-0.4, -0.2) is 6.21 Å². The van der Waals surface area contributed by atoms with Gasteiger partial charge in [0.25, 0.3) is 0 Å². The fourth-order valence-corrected chi connectivity index (χ4v) is 1.98. The fraction of sp³-hybridized carbons (Fsp3) is 0.182. The van der Waals surface area contributed by atoms with Crippen molar-refractivity contribution >= 4 is 17.5 Å². The lowest BCUT2D eigenvalue weighted by Gasteiger charge is -2.12. The maximum Gasteiger partial charge on any atom is 0.0711 e. The molecule has 0 fully saturated rings. The van der Waals surface area contributed by atoms with E-state index < -0.39 is 0 Å². The molecule has 3 rings (SSSR count). The number of hydrogen-bond acceptors (Lipinski definition) is 1. The van der Waals surface area contributed by atoms with Crippen molar-refractivity contribution in [2.24, 2.45) is 4.99 Å². The van der Waals surface area contributed by atoms with Crippen LogP contribution in [0.4, 0.5) is 5.69 Å². The van der Waals surface area contributed by atoms with Gasteiger partial charge < -0.3 is 0 Å². The Morgan fingerprint density at radius 1 is 1.25 bits per heavy atom. The number of allylic oxidation sites excluding steroid dienone is 2. The van der Waals surface area contributed by atoms with Crippen LogP contribution in [0, 0.1) is 0 Å². The number of benzene rings is 1. The summed E-state index contributed by atoms with van der Waals surface area (Å²) in [5, 5.41) is 0. The minimum Gasteiger partial charge on any atom is -0.256 e. The zero-order valence-corrected chi connectivity index (χ0v) is 6.75. The van der Waals surface area contributed by atoms with Gasteiger partial charge in [-0.2, -0.15) is 0 Å². The predicted molar refractivity (Wildman–Crippen MR) is 50.9 cm³/mol. The number of aliphatic imine (C=N–C) groups is 1. The number of nitrogens with zero attached hydrogens (tertiary/aromatic N) is 1. The Labute approximate surface area is 71.5 Å². The molecule has 0 spiro atoms. The molecule has 0 amide bonds. The van der Waals surface area contributed by atoms with Crippen LogP contribution in [-0.2, 0) is 6.42 Å². The maximum atomic E-state index is 4.36. The molecule has 0 saturated heterocycles. The highest BCUT2D eigenvalue weighted by Gasteiger charge is 2.18. The molecule has 1 nitrogen and oxygen atoms in total. The molecule has 58 valence electrons. The van der Waals surface area contributed by atoms with Gasteiger partial charge in [0.05, 0.1) is 5.69 Å². The second-order valence-electron chi connectivity index (χ2n) is 3.27. The Kier molecular flexibility index (Phi) is 1.06. The summed E-state index contributed by atoms with van der Waals surface area (Å²) in [5.74, 6) is 0. The first-order valence-corrected chi connectivity index (χ1v) is 4.31. The second kappa shape index (κ2) is 2.07. The molecule has 2 aliphatic rings. The highest BCUT2D eigenvalue weighted by molar-refractivity contribution is 6.17. The van der Waals surface area contributed by atoms with E-state index in [2.05, 4.69) is 29.3 Å². The predicted octanol–water partition coefficient (Wildman–Crippen LogP) is 2.73. The zero-order chi connectivity index (χ0) is 7.97. The average Bonchev–Trinajstić information content (AvgIpc) is 2.52. The van der Waals surface area contributed by atoms with Crippen LogP contribution in [0.15, 0.2) is 29.3 Å². The van der Waals surface area contributed by atoms with E-state index in [0.717, 1.165) is 12.1 Å². The van der Waals surface area contributed by atoms with Gasteiger partial charge in [-0.1, -0.05) is 18.2 Å². The third-order valence-electron chi connectivity index (χ3n) is 2.54. The highest BCUT2D eigenvalue weighted by Crippen LogP contribution is 2.37. The summed E-state index contributed by atoms with van der Waals surface area (Å²) in [7, 11) is 0. The minimum absolute atomic E-state index is 1.15. The first-order valence-electron chi connectivity index (χ1n) is 4.31. The molecule has 0 radical (unpaired) electrons. The van der Waals surface area contributed by atoms with Gasteiger partial charge in [-0.05, 0) is 30.0 Å². The molecular formula is C11H9N. The average molecular weight is 155 g/mol. The van der Waals surface area contributed by atoms with Crippen LogP contribution in [0.3, 0.4) is 0 Å². The molecule has 0 atom stereocenters. The lowest BCUT2D eigenvalue weighted by molar-refractivity contribution is 0.984. The molecule has 1 heteroatoms. The molecule has 12 heavy (non-hydrogen) atoms. The molecule has 0 aromatic heterocycles. The first kappa shape index (κ1) is 6.18. The zero-order valence-electron chi connectivity index (χ0n) is 6.75. The molecule has 1 aliphatic heterocycles. The summed E-state index contributed by atoms with van der Waals surface area (Å²) >= 11 is 0. The Morgan fingerprint density at radius 2 is 2.25 bits per heavy atom. The van der Waals surface area contributed by atoms with Gasteiger partial charge in [0.15, 0.2) is 0 Å². The van der Waals surface area contributed by atoms with Crippen LogP contribution in [0.5, 0.6) is 0 Å². The largest absolute Gasteiger partial charge is 0.256 e. The normalized spacial score (nSPS) is 17.5. The molecule has 1 aliphatic carbocycles. The van der Waals surface area contributed by atoms with Crippen LogP contribution in [0.25, 0.3) is 5.57 Å².